The van der Waals surface area contributed by atoms with Crippen LogP contribution < -0.4 is 10.1 Å². The molecule has 0 aromatic heterocycles. The molecule has 1 N–H and O–H groups in total. The number of ether oxygens (including phenoxy) is 1. The van der Waals surface area contributed by atoms with Crippen LogP contribution in [-0.4, -0.2) is 26.5 Å². The van der Waals surface area contributed by atoms with Gasteiger partial charge >= 0.3 is 0 Å². The van der Waals surface area contributed by atoms with Gasteiger partial charge in [-0.3, -0.25) is 4.79 Å². The molecule has 82 valence electrons. The lowest BCUT2D eigenvalue weighted by Gasteiger charge is -2.09. The fourth-order valence-electron chi connectivity index (χ4n) is 1.21. The molecule has 0 aliphatic heterocycles. The average Bonchev–Trinajstić information content (AvgIpc) is 2.22. The summed E-state index contributed by atoms with van der Waals surface area (Å²) in [6.07, 6.45) is 0. The predicted molar refractivity (Wildman–Crippen MR) is 58.9 cm³/mol. The number of carbonyl (C=O) groups is 1. The van der Waals surface area contributed by atoms with Gasteiger partial charge in [0.05, 0.1) is 23.7 Å². The first-order chi connectivity index (χ1) is 7.11. The van der Waals surface area contributed by atoms with Crippen LogP contribution in [-0.2, 0) is 0 Å². The van der Waals surface area contributed by atoms with E-state index in [4.69, 9.17) is 4.74 Å². The Morgan fingerprint density at radius 3 is 2.80 bits per heavy atom. The number of rotatable bonds is 4. The Kier molecular flexibility index (Phi) is 4.23. The summed E-state index contributed by atoms with van der Waals surface area (Å²) in [6.45, 7) is 0.189. The van der Waals surface area contributed by atoms with E-state index >= 15 is 0 Å². The van der Waals surface area contributed by atoms with Crippen molar-refractivity contribution in [3.63, 3.8) is 0 Å². The maximum Gasteiger partial charge on any atom is 0.180 e. The third kappa shape index (κ3) is 2.54. The molecule has 0 saturated heterocycles. The quantitative estimate of drug-likeness (QED) is 0.855. The lowest BCUT2D eigenvalue weighted by Crippen LogP contribution is -2.19. The van der Waals surface area contributed by atoms with Crippen LogP contribution in [0.4, 0.5) is 4.39 Å². The number of methoxy groups -OCH3 is 1. The van der Waals surface area contributed by atoms with Crippen LogP contribution in [0.3, 0.4) is 0 Å². The molecular weight excluding hydrogens is 265 g/mol. The van der Waals surface area contributed by atoms with Crippen molar-refractivity contribution < 1.29 is 13.9 Å². The summed E-state index contributed by atoms with van der Waals surface area (Å²) < 4.78 is 18.3. The first-order valence-corrected chi connectivity index (χ1v) is 5.11. The van der Waals surface area contributed by atoms with Gasteiger partial charge in [-0.1, -0.05) is 0 Å². The van der Waals surface area contributed by atoms with E-state index < -0.39 is 5.82 Å². The normalized spacial score (nSPS) is 10.1. The monoisotopic (exact) mass is 275 g/mol. The molecule has 0 amide bonds. The van der Waals surface area contributed by atoms with Gasteiger partial charge in [-0.05, 0) is 35.1 Å². The van der Waals surface area contributed by atoms with Crippen LogP contribution in [0.2, 0.25) is 0 Å². The van der Waals surface area contributed by atoms with Gasteiger partial charge in [-0.25, -0.2) is 4.39 Å². The third-order valence-electron chi connectivity index (χ3n) is 1.89. The molecule has 3 nitrogen and oxygen atoms in total. The van der Waals surface area contributed by atoms with Gasteiger partial charge in [0, 0.05) is 0 Å². The van der Waals surface area contributed by atoms with Gasteiger partial charge in [0.2, 0.25) is 0 Å². The van der Waals surface area contributed by atoms with Crippen LogP contribution in [0.1, 0.15) is 10.4 Å². The summed E-state index contributed by atoms with van der Waals surface area (Å²) in [6, 6.07) is 2.65. The van der Waals surface area contributed by atoms with Crippen molar-refractivity contribution in [1.29, 1.82) is 0 Å². The molecule has 0 bridgehead atoms. The lowest BCUT2D eigenvalue weighted by molar-refractivity contribution is 0.0990. The highest BCUT2D eigenvalue weighted by molar-refractivity contribution is 9.10. The van der Waals surface area contributed by atoms with Gasteiger partial charge < -0.3 is 10.1 Å². The molecule has 0 aliphatic rings. The van der Waals surface area contributed by atoms with Crippen molar-refractivity contribution in [2.75, 3.05) is 20.7 Å². The van der Waals surface area contributed by atoms with E-state index in [1.807, 2.05) is 0 Å². The molecule has 0 spiro atoms. The van der Waals surface area contributed by atoms with Crippen molar-refractivity contribution >= 4 is 21.7 Å². The predicted octanol–water partition coefficient (Wildman–Crippen LogP) is 2.00. The number of ketones is 1. The zero-order valence-corrected chi connectivity index (χ0v) is 10.0. The van der Waals surface area contributed by atoms with Crippen molar-refractivity contribution in [3.8, 4) is 5.75 Å². The van der Waals surface area contributed by atoms with Crippen LogP contribution in [0.15, 0.2) is 16.6 Å². The van der Waals surface area contributed by atoms with Crippen LogP contribution >= 0.6 is 15.9 Å². The Labute approximate surface area is 95.7 Å². The fraction of sp³-hybridized carbons (Fsp3) is 0.300. The van der Waals surface area contributed by atoms with Crippen molar-refractivity contribution in [2.24, 2.45) is 0 Å². The molecule has 1 rings (SSSR count). The van der Waals surface area contributed by atoms with Gasteiger partial charge in [0.15, 0.2) is 5.78 Å². The highest BCUT2D eigenvalue weighted by Crippen LogP contribution is 2.31. The van der Waals surface area contributed by atoms with E-state index in [0.717, 1.165) is 0 Å². The highest BCUT2D eigenvalue weighted by atomic mass is 79.9. The number of Topliss-reactive ketones (excluding diaryl/α,β-unsaturated/α-hetero) is 1. The summed E-state index contributed by atoms with van der Waals surface area (Å²) >= 11 is 3.04. The number of halogens is 2. The number of likely N-dealkylation sites (N-methyl/N-ethyl adjacent to an activating group) is 1. The van der Waals surface area contributed by atoms with E-state index in [-0.39, 0.29) is 22.6 Å². The highest BCUT2D eigenvalue weighted by Gasteiger charge is 2.16. The first-order valence-electron chi connectivity index (χ1n) is 4.31. The van der Waals surface area contributed by atoms with E-state index in [1.54, 1.807) is 7.05 Å². The Hall–Kier alpha value is -0.940. The summed E-state index contributed by atoms with van der Waals surface area (Å²) in [4.78, 5) is 11.6. The SMILES string of the molecule is CNCC(=O)c1ccc(F)c(Br)c1OC. The van der Waals surface area contributed by atoms with E-state index in [2.05, 4.69) is 21.2 Å². The smallest absolute Gasteiger partial charge is 0.180 e. The minimum absolute atomic E-state index is 0.143. The second kappa shape index (κ2) is 5.23. The fourth-order valence-corrected chi connectivity index (χ4v) is 1.71. The van der Waals surface area contributed by atoms with Crippen LogP contribution in [0.25, 0.3) is 0 Å². The minimum atomic E-state index is -0.451. The molecule has 1 aromatic rings. The molecule has 0 fully saturated rings. The number of hydrogen-bond acceptors (Lipinski definition) is 3. The van der Waals surface area contributed by atoms with Crippen LogP contribution in [0.5, 0.6) is 5.75 Å². The molecule has 0 radical (unpaired) electrons. The minimum Gasteiger partial charge on any atom is -0.495 e. The molecule has 0 saturated carbocycles. The maximum atomic E-state index is 13.1. The topological polar surface area (TPSA) is 38.3 Å². The van der Waals surface area contributed by atoms with Gasteiger partial charge in [-0.15, -0.1) is 0 Å². The Balaban J connectivity index is 3.18. The zero-order valence-electron chi connectivity index (χ0n) is 8.43. The second-order valence-corrected chi connectivity index (χ2v) is 3.69. The van der Waals surface area contributed by atoms with Gasteiger partial charge in [0.1, 0.15) is 11.6 Å². The average molecular weight is 276 g/mol. The number of benzene rings is 1. The zero-order chi connectivity index (χ0) is 11.4. The van der Waals surface area contributed by atoms with Crippen LogP contribution in [0, 0.1) is 5.82 Å². The second-order valence-electron chi connectivity index (χ2n) is 2.90. The lowest BCUT2D eigenvalue weighted by atomic mass is 10.1. The summed E-state index contributed by atoms with van der Waals surface area (Å²) in [5.74, 6) is -0.363. The largest absolute Gasteiger partial charge is 0.495 e. The van der Waals surface area contributed by atoms with Gasteiger partial charge in [0.25, 0.3) is 0 Å². The van der Waals surface area contributed by atoms with E-state index in [1.165, 1.54) is 19.2 Å². The third-order valence-corrected chi connectivity index (χ3v) is 2.63. The van der Waals surface area contributed by atoms with E-state index in [9.17, 15) is 9.18 Å². The standard InChI is InChI=1S/C10H11BrFNO2/c1-13-5-8(14)6-3-4-7(12)9(11)10(6)15-2/h3-4,13H,5H2,1-2H3. The van der Waals surface area contributed by atoms with Crippen molar-refractivity contribution in [2.45, 2.75) is 0 Å². The molecule has 15 heavy (non-hydrogen) atoms. The molecular formula is C10H11BrFNO2. The molecule has 0 aliphatic carbocycles. The first kappa shape index (κ1) is 12.1. The Bertz CT molecular complexity index is 382. The van der Waals surface area contributed by atoms with Crippen molar-refractivity contribution in [3.05, 3.63) is 28.0 Å². The molecule has 5 heteroatoms. The number of carbonyl (C=O) groups excluding carboxylic acids is 1. The molecule has 0 atom stereocenters. The number of hydrogen-bond donors (Lipinski definition) is 1. The molecule has 0 unspecified atom stereocenters. The Morgan fingerprint density at radius 2 is 2.27 bits per heavy atom. The number of nitrogens with one attached hydrogen (secondary N) is 1. The maximum absolute atomic E-state index is 13.1. The molecule has 0 heterocycles. The molecule has 1 aromatic carbocycles. The summed E-state index contributed by atoms with van der Waals surface area (Å²) in [5.41, 5.74) is 0.361. The van der Waals surface area contributed by atoms with E-state index in [0.29, 0.717) is 5.56 Å². The van der Waals surface area contributed by atoms with Gasteiger partial charge in [-0.2, -0.15) is 0 Å². The van der Waals surface area contributed by atoms with Crippen molar-refractivity contribution in [1.82, 2.24) is 5.32 Å². The Morgan fingerprint density at radius 1 is 1.60 bits per heavy atom. The summed E-state index contributed by atoms with van der Waals surface area (Å²) in [5, 5.41) is 2.74. The summed E-state index contributed by atoms with van der Waals surface area (Å²) in [7, 11) is 3.07.